The molecule has 3 radical (unpaired) electrons. The van der Waals surface area contributed by atoms with Crippen LogP contribution in [0.1, 0.15) is 80.9 Å². The quantitative estimate of drug-likeness (QED) is 0.170. The third kappa shape index (κ3) is 31.1. The molecule has 0 saturated carbocycles. The summed E-state index contributed by atoms with van der Waals surface area (Å²) in [7, 11) is 4.58. The van der Waals surface area contributed by atoms with Crippen molar-refractivity contribution >= 4 is 55.5 Å². The molecule has 0 bridgehead atoms. The summed E-state index contributed by atoms with van der Waals surface area (Å²) in [6.45, 7) is 7.87. The summed E-state index contributed by atoms with van der Waals surface area (Å²) >= 11 is 0. The van der Waals surface area contributed by atoms with Gasteiger partial charge in [-0.05, 0) is 13.8 Å². The van der Waals surface area contributed by atoms with Crippen LogP contribution >= 0.6 is 0 Å². The first-order chi connectivity index (χ1) is 17.3. The second-order valence-electron chi connectivity index (χ2n) is 8.78. The Balaban J connectivity index is -0.0000000327. The van der Waals surface area contributed by atoms with Gasteiger partial charge in [0, 0.05) is 72.3 Å². The summed E-state index contributed by atoms with van der Waals surface area (Å²) in [6, 6.07) is -1.04. The van der Waals surface area contributed by atoms with E-state index in [0.29, 0.717) is 12.8 Å². The maximum absolute atomic E-state index is 10.8. The fourth-order valence-electron chi connectivity index (χ4n) is 2.71. The Morgan fingerprint density at radius 1 is 0.907 bits per heavy atom. The molecule has 1 saturated heterocycles. The molecule has 1 heterocycles. The normalized spacial score (nSPS) is 14.2. The summed E-state index contributed by atoms with van der Waals surface area (Å²) in [4.78, 5) is 84.9. The number of ketones is 2. The molecule has 0 aromatic rings. The van der Waals surface area contributed by atoms with E-state index in [-0.39, 0.29) is 99.8 Å². The first kappa shape index (κ1) is 58.8. The number of likely N-dealkylation sites (tertiary alicyclic amines) is 1. The first-order valence-electron chi connectivity index (χ1n) is 11.7. The van der Waals surface area contributed by atoms with E-state index >= 15 is 0 Å². The zero-order valence-electron chi connectivity index (χ0n) is 24.8. The zero-order valence-corrected chi connectivity index (χ0v) is 24.8. The van der Waals surface area contributed by atoms with Crippen LogP contribution in [0, 0.1) is 17.8 Å². The molecule has 0 aromatic carbocycles. The summed E-state index contributed by atoms with van der Waals surface area (Å²) in [5.41, 5.74) is 5.00. The SMILES string of the molecule is C.C.CC(=O)CC(N)C(=O)O.CC1CC(=O)N(C)C1=O.CNC(=O)C(C)CC(=O)O.CNC(=O)C(C)CC(C)=O.O.[2HH].[2HH].[2HH].[2HH].[B].[OH-]. The third-order valence-electron chi connectivity index (χ3n) is 4.89. The Morgan fingerprint density at radius 2 is 1.26 bits per heavy atom. The van der Waals surface area contributed by atoms with Gasteiger partial charge < -0.3 is 42.3 Å². The number of amides is 4. The summed E-state index contributed by atoms with van der Waals surface area (Å²) < 4.78 is 0. The van der Waals surface area contributed by atoms with Crippen LogP contribution in [0.4, 0.5) is 0 Å². The molecule has 17 heteroatoms. The van der Waals surface area contributed by atoms with Gasteiger partial charge in [-0.25, -0.2) is 0 Å². The van der Waals surface area contributed by atoms with E-state index in [1.807, 2.05) is 0 Å². The number of hydrogen-bond donors (Lipinski definition) is 5. The molecule has 0 aromatic heterocycles. The van der Waals surface area contributed by atoms with Crippen molar-refractivity contribution in [2.75, 3.05) is 21.1 Å². The molecule has 43 heavy (non-hydrogen) atoms. The van der Waals surface area contributed by atoms with Crippen molar-refractivity contribution in [3.63, 3.8) is 0 Å². The van der Waals surface area contributed by atoms with Crippen molar-refractivity contribution in [1.29, 1.82) is 0 Å². The van der Waals surface area contributed by atoms with Crippen LogP contribution in [0.25, 0.3) is 0 Å². The van der Waals surface area contributed by atoms with Gasteiger partial charge in [0.15, 0.2) is 0 Å². The Kier molecular flexibility index (Phi) is 42.8. The number of imide groups is 1. The van der Waals surface area contributed by atoms with E-state index < -0.39 is 23.9 Å². The molecule has 4 unspecified atom stereocenters. The van der Waals surface area contributed by atoms with E-state index in [0.717, 1.165) is 0 Å². The number of carboxylic acids is 2. The van der Waals surface area contributed by atoms with Gasteiger partial charge in [-0.15, -0.1) is 0 Å². The standard InChI is InChI=1S/C7H13NO2.C6H11NO3.C6H9NO2.C5H9NO3.2CH4.B.2H2O.4H2/c1-5(4-6(2)9)7(10)8-3;1-4(3-5(8)9)6(10)7-2;1-4-3-5(8)7(2)6(4)9;1-3(7)2-4(6)5(8)9;;;;;;;;;/h5H,4H2,1-3H3,(H,8,10);4H,3H2,1-2H3,(H,7,10)(H,8,9);4H,3H2,1-2H3;4H,2,6H2,1H3,(H,8,9);2*1H4;;2*1H2;4*1H/p-1/i;;;;;;;;;4*1+1. The zero-order chi connectivity index (χ0) is 30.7. The fraction of sp³-hybridized carbons (Fsp3) is 0.692. The van der Waals surface area contributed by atoms with E-state index in [2.05, 4.69) is 10.6 Å². The van der Waals surface area contributed by atoms with Crippen molar-refractivity contribution in [1.82, 2.24) is 15.5 Å². The molecule has 0 spiro atoms. The lowest BCUT2D eigenvalue weighted by atomic mass is 10.1. The van der Waals surface area contributed by atoms with E-state index in [4.69, 9.17) is 15.9 Å². The number of nitrogens with one attached hydrogen (secondary N) is 2. The summed E-state index contributed by atoms with van der Waals surface area (Å²) in [6.07, 6.45) is 0.518. The maximum Gasteiger partial charge on any atom is 0.320 e. The summed E-state index contributed by atoms with van der Waals surface area (Å²) in [5, 5.41) is 21.2. The van der Waals surface area contributed by atoms with Crippen LogP contribution in [0.3, 0.4) is 0 Å². The highest BCUT2D eigenvalue weighted by molar-refractivity contribution is 6.02. The van der Waals surface area contributed by atoms with Crippen molar-refractivity contribution in [3.05, 3.63) is 0 Å². The number of aliphatic carboxylic acids is 2. The van der Waals surface area contributed by atoms with Gasteiger partial charge in [-0.2, -0.15) is 0 Å². The smallest absolute Gasteiger partial charge is 0.320 e. The molecule has 0 aliphatic carbocycles. The van der Waals surface area contributed by atoms with Crippen LogP contribution < -0.4 is 16.4 Å². The van der Waals surface area contributed by atoms with Gasteiger partial charge >= 0.3 is 11.9 Å². The van der Waals surface area contributed by atoms with Gasteiger partial charge in [0.05, 0.1) is 6.42 Å². The number of nitrogens with two attached hydrogens (primary N) is 1. The molecule has 4 atom stereocenters. The molecule has 16 nitrogen and oxygen atoms in total. The van der Waals surface area contributed by atoms with Crippen LogP contribution in [0.15, 0.2) is 0 Å². The average molecular weight is 637 g/mol. The minimum Gasteiger partial charge on any atom is -0.870 e. The number of hydrogen-bond acceptors (Lipinski definition) is 10. The minimum absolute atomic E-state index is 0. The second-order valence-corrected chi connectivity index (χ2v) is 8.78. The number of carboxylic acid groups (broad SMARTS) is 2. The van der Waals surface area contributed by atoms with E-state index in [1.165, 1.54) is 32.8 Å². The van der Waals surface area contributed by atoms with Crippen LogP contribution in [-0.4, -0.2) is 109 Å². The van der Waals surface area contributed by atoms with Gasteiger partial charge in [0.1, 0.15) is 17.6 Å². The molecule has 1 aliphatic rings. The lowest BCUT2D eigenvalue weighted by Gasteiger charge is -2.05. The van der Waals surface area contributed by atoms with Crippen molar-refractivity contribution in [2.45, 2.75) is 81.2 Å². The highest BCUT2D eigenvalue weighted by atomic mass is 16.4. The molecule has 1 rings (SSSR count). The number of Topliss-reactive ketones (excluding diaryl/α,β-unsaturated/α-hetero) is 2. The number of carbonyl (C=O) groups excluding carboxylic acids is 6. The average Bonchev–Trinajstić information content (AvgIpc) is 3.02. The van der Waals surface area contributed by atoms with Gasteiger partial charge in [0.25, 0.3) is 0 Å². The van der Waals surface area contributed by atoms with Crippen LogP contribution in [-0.2, 0) is 38.4 Å². The predicted molar refractivity (Wildman–Crippen MR) is 170 cm³/mol. The van der Waals surface area contributed by atoms with Crippen molar-refractivity contribution in [2.24, 2.45) is 23.5 Å². The first-order valence-corrected chi connectivity index (χ1v) is 11.7. The Morgan fingerprint density at radius 3 is 1.42 bits per heavy atom. The predicted octanol–water partition coefficient (Wildman–Crippen LogP) is 0.453. The molecule has 4 amide bonds. The monoisotopic (exact) mass is 636 g/mol. The highest BCUT2D eigenvalue weighted by Gasteiger charge is 2.32. The van der Waals surface area contributed by atoms with Crippen LogP contribution in [0.2, 0.25) is 0 Å². The Labute approximate surface area is 262 Å². The van der Waals surface area contributed by atoms with Gasteiger partial charge in [-0.3, -0.25) is 38.5 Å². The second kappa shape index (κ2) is 31.2. The molecule has 261 valence electrons. The third-order valence-corrected chi connectivity index (χ3v) is 4.89. The molecular weight excluding hydrogens is 571 g/mol. The topological polar surface area (TPSA) is 292 Å². The Bertz CT molecular complexity index is 855. The molecule has 1 fully saturated rings. The number of carbonyl (C=O) groups is 8. The fourth-order valence-corrected chi connectivity index (χ4v) is 2.71. The van der Waals surface area contributed by atoms with Gasteiger partial charge in [0.2, 0.25) is 23.6 Å². The largest absolute Gasteiger partial charge is 0.870 e. The van der Waals surface area contributed by atoms with Crippen molar-refractivity contribution < 1.29 is 65.2 Å². The lowest BCUT2D eigenvalue weighted by molar-refractivity contribution is -0.140. The minimum atomic E-state index is -1.13. The molecular formula is C26H61BN4O12-. The summed E-state index contributed by atoms with van der Waals surface area (Å²) in [5.74, 6) is -3.39. The van der Waals surface area contributed by atoms with Crippen molar-refractivity contribution in [3.8, 4) is 0 Å². The molecule has 1 aliphatic heterocycles. The highest BCUT2D eigenvalue weighted by Crippen LogP contribution is 2.15. The van der Waals surface area contributed by atoms with Gasteiger partial charge in [-0.1, -0.05) is 35.6 Å². The Hall–Kier alpha value is -3.70. The molecule has 9 N–H and O–H groups in total. The number of rotatable bonds is 9. The lowest BCUT2D eigenvalue weighted by Crippen LogP contribution is -2.31. The maximum atomic E-state index is 10.8. The van der Waals surface area contributed by atoms with Crippen LogP contribution in [0.5, 0.6) is 0 Å². The number of nitrogens with zero attached hydrogens (tertiary/aromatic N) is 1. The van der Waals surface area contributed by atoms with E-state index in [1.54, 1.807) is 27.8 Å². The van der Waals surface area contributed by atoms with E-state index in [9.17, 15) is 38.4 Å².